The van der Waals surface area contributed by atoms with Crippen LogP contribution in [-0.4, -0.2) is 19.9 Å². The van der Waals surface area contributed by atoms with Crippen molar-refractivity contribution in [2.45, 2.75) is 39.5 Å². The predicted molar refractivity (Wildman–Crippen MR) is 296 cm³/mol. The van der Waals surface area contributed by atoms with E-state index in [0.717, 1.165) is 40.7 Å². The molecule has 0 saturated carbocycles. The maximum atomic E-state index is 6.81. The Morgan fingerprint density at radius 3 is 1.71 bits per heavy atom. The number of ether oxygens (including phenoxy) is 2. The molecule has 2 aromatic heterocycles. The van der Waals surface area contributed by atoms with Gasteiger partial charge in [-0.25, -0.2) is 0 Å². The van der Waals surface area contributed by atoms with Crippen molar-refractivity contribution in [3.8, 4) is 33.8 Å². The highest BCUT2D eigenvalue weighted by Gasteiger charge is 2.45. The molecule has 11 aromatic rings. The van der Waals surface area contributed by atoms with Crippen LogP contribution in [0, 0.1) is 6.92 Å². The monoisotopic (exact) mass is 926 g/mol. The molecule has 3 aliphatic heterocycles. The first-order chi connectivity index (χ1) is 33.7. The van der Waals surface area contributed by atoms with E-state index in [9.17, 15) is 0 Å². The Balaban J connectivity index is 0.985. The molecule has 0 saturated heterocycles. The molecule has 5 heterocycles. The number of thiophene rings is 2. The van der Waals surface area contributed by atoms with Crippen molar-refractivity contribution in [2.24, 2.45) is 0 Å². The largest absolute Gasteiger partial charge is 0.489 e. The SMILES string of the molecule is Cc1cc2c3c(c1)N(c1ccc(C(C)(C)C)cc1)c1c(ccc4c1OCCCO4)B3c1cc(-c3ccc4c(c3)sc3ccccc34)ccc1N2c1ccc(-c2ccc3c(c2)sc2ccccc23)cc1. The standard InChI is InChI=1S/C62H47BN2O2S2/c1-37-32-52-59-53(33-37)65(44-23-19-42(20-24-44)62(2,3)4)60-49(27-29-54-61(60)67-31-9-30-66-54)63(59)50-34-39(41-17-26-48-46-11-6-8-13-56(46)69-58(48)36-41)18-28-51(50)64(52)43-21-14-38(15-22-43)40-16-25-47-45-10-5-7-12-55(45)68-57(47)35-40/h5-8,10-29,32-36H,9,30-31H2,1-4H3. The fourth-order valence-corrected chi connectivity index (χ4v) is 13.6. The van der Waals surface area contributed by atoms with Crippen LogP contribution in [0.15, 0.2) is 176 Å². The molecule has 0 bridgehead atoms. The third-order valence-electron chi connectivity index (χ3n) is 14.6. The van der Waals surface area contributed by atoms with Crippen LogP contribution in [0.3, 0.4) is 0 Å². The van der Waals surface area contributed by atoms with E-state index < -0.39 is 0 Å². The van der Waals surface area contributed by atoms with E-state index >= 15 is 0 Å². The van der Waals surface area contributed by atoms with Gasteiger partial charge in [-0.15, -0.1) is 22.7 Å². The molecule has 0 spiro atoms. The van der Waals surface area contributed by atoms with Crippen LogP contribution in [0.25, 0.3) is 62.6 Å². The van der Waals surface area contributed by atoms with E-state index in [1.807, 2.05) is 22.7 Å². The van der Waals surface area contributed by atoms with Crippen LogP contribution in [0.1, 0.15) is 38.3 Å². The van der Waals surface area contributed by atoms with Crippen molar-refractivity contribution < 1.29 is 9.47 Å². The van der Waals surface area contributed by atoms with Gasteiger partial charge in [0.15, 0.2) is 11.5 Å². The minimum atomic E-state index is -0.0839. The van der Waals surface area contributed by atoms with Crippen molar-refractivity contribution in [3.63, 3.8) is 0 Å². The predicted octanol–water partition coefficient (Wildman–Crippen LogP) is 15.6. The van der Waals surface area contributed by atoms with Gasteiger partial charge in [0.2, 0.25) is 0 Å². The van der Waals surface area contributed by atoms with E-state index in [0.29, 0.717) is 13.2 Å². The quantitative estimate of drug-likeness (QED) is 0.164. The van der Waals surface area contributed by atoms with Crippen LogP contribution in [0.2, 0.25) is 0 Å². The first kappa shape index (κ1) is 40.7. The second kappa shape index (κ2) is 15.3. The molecule has 0 N–H and O–H groups in total. The number of anilines is 6. The average Bonchev–Trinajstić information content (AvgIpc) is 3.83. The molecular weight excluding hydrogens is 880 g/mol. The lowest BCUT2D eigenvalue weighted by atomic mass is 9.33. The summed E-state index contributed by atoms with van der Waals surface area (Å²) in [4.78, 5) is 4.98. The van der Waals surface area contributed by atoms with Crippen molar-refractivity contribution >= 4 is 120 Å². The highest BCUT2D eigenvalue weighted by molar-refractivity contribution is 7.26. The van der Waals surface area contributed by atoms with E-state index in [2.05, 4.69) is 213 Å². The molecule has 69 heavy (non-hydrogen) atoms. The lowest BCUT2D eigenvalue weighted by molar-refractivity contribution is 0.297. The van der Waals surface area contributed by atoms with E-state index in [4.69, 9.17) is 9.47 Å². The molecule has 7 heteroatoms. The summed E-state index contributed by atoms with van der Waals surface area (Å²) in [5, 5.41) is 5.27. The van der Waals surface area contributed by atoms with Gasteiger partial charge in [-0.05, 0) is 135 Å². The number of hydrogen-bond donors (Lipinski definition) is 0. The number of rotatable bonds is 4. The first-order valence-electron chi connectivity index (χ1n) is 24.1. The van der Waals surface area contributed by atoms with Gasteiger partial charge < -0.3 is 19.3 Å². The summed E-state index contributed by atoms with van der Waals surface area (Å²) in [6.45, 7) is 10.2. The molecule has 0 fully saturated rings. The lowest BCUT2D eigenvalue weighted by Crippen LogP contribution is -2.61. The molecule has 3 aliphatic rings. The third kappa shape index (κ3) is 6.40. The zero-order chi connectivity index (χ0) is 46.1. The molecule has 0 unspecified atom stereocenters. The molecule has 0 amide bonds. The number of aryl methyl sites for hydroxylation is 1. The third-order valence-corrected chi connectivity index (χ3v) is 16.9. The van der Waals surface area contributed by atoms with Crippen LogP contribution < -0.4 is 35.7 Å². The smallest absolute Gasteiger partial charge is 0.252 e. The summed E-state index contributed by atoms with van der Waals surface area (Å²) in [7, 11) is 0. The zero-order valence-electron chi connectivity index (χ0n) is 39.0. The number of nitrogens with zero attached hydrogens (tertiary/aromatic N) is 2. The van der Waals surface area contributed by atoms with Gasteiger partial charge in [0.25, 0.3) is 6.71 Å². The molecule has 0 atom stereocenters. The van der Waals surface area contributed by atoms with Gasteiger partial charge in [-0.3, -0.25) is 0 Å². The minimum Gasteiger partial charge on any atom is -0.489 e. The summed E-state index contributed by atoms with van der Waals surface area (Å²) >= 11 is 3.74. The van der Waals surface area contributed by atoms with Gasteiger partial charge in [-0.2, -0.15) is 0 Å². The molecule has 9 aromatic carbocycles. The molecule has 4 nitrogen and oxygen atoms in total. The summed E-state index contributed by atoms with van der Waals surface area (Å²) in [5.74, 6) is 1.62. The highest BCUT2D eigenvalue weighted by Crippen LogP contribution is 2.51. The number of fused-ring (bicyclic) bond motifs is 12. The van der Waals surface area contributed by atoms with Gasteiger partial charge in [-0.1, -0.05) is 124 Å². The molecule has 0 aliphatic carbocycles. The topological polar surface area (TPSA) is 24.9 Å². The fourth-order valence-electron chi connectivity index (χ4n) is 11.3. The maximum Gasteiger partial charge on any atom is 0.252 e. The van der Waals surface area contributed by atoms with Gasteiger partial charge in [0.05, 0.1) is 18.9 Å². The summed E-state index contributed by atoms with van der Waals surface area (Å²) < 4.78 is 18.6. The van der Waals surface area contributed by atoms with Gasteiger partial charge in [0, 0.05) is 75.2 Å². The van der Waals surface area contributed by atoms with E-state index in [-0.39, 0.29) is 12.1 Å². The zero-order valence-corrected chi connectivity index (χ0v) is 40.6. The maximum absolute atomic E-state index is 6.81. The Morgan fingerprint density at radius 2 is 1.03 bits per heavy atom. The van der Waals surface area contributed by atoms with Crippen LogP contribution in [-0.2, 0) is 5.41 Å². The lowest BCUT2D eigenvalue weighted by Gasteiger charge is -2.45. The summed E-state index contributed by atoms with van der Waals surface area (Å²) in [6, 6.07) is 66.3. The van der Waals surface area contributed by atoms with Crippen molar-refractivity contribution in [2.75, 3.05) is 23.0 Å². The van der Waals surface area contributed by atoms with Gasteiger partial charge in [0.1, 0.15) is 0 Å². The Hall–Kier alpha value is -7.32. The Bertz CT molecular complexity index is 3900. The first-order valence-corrected chi connectivity index (χ1v) is 25.7. The molecule has 332 valence electrons. The van der Waals surface area contributed by atoms with Crippen molar-refractivity contribution in [3.05, 3.63) is 187 Å². The number of benzene rings is 9. The van der Waals surface area contributed by atoms with Crippen molar-refractivity contribution in [1.29, 1.82) is 0 Å². The Morgan fingerprint density at radius 1 is 0.478 bits per heavy atom. The number of hydrogen-bond acceptors (Lipinski definition) is 6. The average molecular weight is 927 g/mol. The second-order valence-corrected chi connectivity index (χ2v) is 22.1. The van der Waals surface area contributed by atoms with E-state index in [1.54, 1.807) is 0 Å². The second-order valence-electron chi connectivity index (χ2n) is 19.9. The molecule has 14 rings (SSSR count). The Kier molecular flexibility index (Phi) is 9.06. The molecular formula is C62H47BN2O2S2. The van der Waals surface area contributed by atoms with Crippen molar-refractivity contribution in [1.82, 2.24) is 0 Å². The van der Waals surface area contributed by atoms with Crippen LogP contribution in [0.4, 0.5) is 34.1 Å². The van der Waals surface area contributed by atoms with Gasteiger partial charge >= 0.3 is 0 Å². The fraction of sp³-hybridized carbons (Fsp3) is 0.129. The minimum absolute atomic E-state index is 0.0181. The summed E-state index contributed by atoms with van der Waals surface area (Å²) in [5.41, 5.74) is 17.9. The van der Waals surface area contributed by atoms with E-state index in [1.165, 1.54) is 101 Å². The van der Waals surface area contributed by atoms with Crippen LogP contribution >= 0.6 is 22.7 Å². The highest BCUT2D eigenvalue weighted by atomic mass is 32.1. The van der Waals surface area contributed by atoms with Crippen LogP contribution in [0.5, 0.6) is 11.5 Å². The Labute approximate surface area is 410 Å². The normalized spacial score (nSPS) is 14.1. The summed E-state index contributed by atoms with van der Waals surface area (Å²) in [6.07, 6.45) is 0.830. The molecule has 0 radical (unpaired) electrons.